The van der Waals surface area contributed by atoms with E-state index in [2.05, 4.69) is 27.0 Å². The molecule has 0 saturated carbocycles. The van der Waals surface area contributed by atoms with Crippen LogP contribution in [0.5, 0.6) is 0 Å². The molecular formula is C20H19N3O3. The highest BCUT2D eigenvalue weighted by Crippen LogP contribution is 2.29. The lowest BCUT2D eigenvalue weighted by atomic mass is 10.0. The topological polar surface area (TPSA) is 86.3 Å². The van der Waals surface area contributed by atoms with E-state index in [0.29, 0.717) is 24.1 Å². The van der Waals surface area contributed by atoms with Gasteiger partial charge in [0, 0.05) is 31.0 Å². The van der Waals surface area contributed by atoms with E-state index >= 15 is 0 Å². The van der Waals surface area contributed by atoms with Gasteiger partial charge in [0.2, 0.25) is 0 Å². The number of carbonyl (C=O) groups excluding carboxylic acids is 1. The first-order valence-electron chi connectivity index (χ1n) is 8.16. The van der Waals surface area contributed by atoms with Crippen LogP contribution in [0.3, 0.4) is 0 Å². The molecular weight excluding hydrogens is 330 g/mol. The third-order valence-corrected chi connectivity index (χ3v) is 4.12. The zero-order chi connectivity index (χ0) is 18.5. The molecule has 2 aromatic heterocycles. The Labute approximate surface area is 151 Å². The largest absolute Gasteiger partial charge is 0.478 e. The molecule has 0 aliphatic carbocycles. The molecule has 1 aromatic carbocycles. The van der Waals surface area contributed by atoms with Crippen molar-refractivity contribution in [1.82, 2.24) is 14.9 Å². The van der Waals surface area contributed by atoms with Gasteiger partial charge in [-0.15, -0.1) is 0 Å². The molecule has 0 radical (unpaired) electrons. The minimum absolute atomic E-state index is 0.0396. The van der Waals surface area contributed by atoms with Crippen molar-refractivity contribution in [2.45, 2.75) is 13.1 Å². The van der Waals surface area contributed by atoms with Crippen molar-refractivity contribution in [2.24, 2.45) is 0 Å². The summed E-state index contributed by atoms with van der Waals surface area (Å²) in [4.78, 5) is 32.1. The van der Waals surface area contributed by atoms with E-state index in [1.807, 2.05) is 37.4 Å². The van der Waals surface area contributed by atoms with Crippen LogP contribution in [0.1, 0.15) is 32.0 Å². The maximum Gasteiger partial charge on any atom is 0.337 e. The Morgan fingerprint density at radius 2 is 1.96 bits per heavy atom. The van der Waals surface area contributed by atoms with Crippen molar-refractivity contribution in [1.29, 1.82) is 0 Å². The van der Waals surface area contributed by atoms with E-state index in [0.717, 1.165) is 12.1 Å². The van der Waals surface area contributed by atoms with E-state index in [-0.39, 0.29) is 11.3 Å². The number of hydrogen-bond donors (Lipinski definition) is 2. The van der Waals surface area contributed by atoms with Crippen molar-refractivity contribution in [3.05, 3.63) is 77.2 Å². The zero-order valence-corrected chi connectivity index (χ0v) is 14.3. The standard InChI is InChI=1S/C20H19N3O3/c1-23(11-14-6-3-2-4-7-14)12-15-8-5-9-21-19(15)18-16(20(25)26)10-22-17(18)13-24/h2-10,13,22H,11-12H2,1H3,(H,25,26). The van der Waals surface area contributed by atoms with Crippen LogP contribution >= 0.6 is 0 Å². The normalized spacial score (nSPS) is 10.8. The first-order valence-corrected chi connectivity index (χ1v) is 8.16. The van der Waals surface area contributed by atoms with Crippen LogP contribution in [0.25, 0.3) is 11.3 Å². The summed E-state index contributed by atoms with van der Waals surface area (Å²) in [5.41, 5.74) is 3.13. The van der Waals surface area contributed by atoms with Crippen LogP contribution in [-0.4, -0.2) is 39.3 Å². The zero-order valence-electron chi connectivity index (χ0n) is 14.3. The Hall–Kier alpha value is -3.25. The van der Waals surface area contributed by atoms with Crippen molar-refractivity contribution in [3.63, 3.8) is 0 Å². The molecule has 0 aliphatic heterocycles. The second-order valence-corrected chi connectivity index (χ2v) is 6.08. The summed E-state index contributed by atoms with van der Waals surface area (Å²) in [6, 6.07) is 13.8. The lowest BCUT2D eigenvalue weighted by molar-refractivity contribution is 0.0698. The van der Waals surface area contributed by atoms with Crippen LogP contribution in [0.15, 0.2) is 54.9 Å². The van der Waals surface area contributed by atoms with Gasteiger partial charge in [-0.25, -0.2) is 4.79 Å². The predicted octanol–water partition coefficient (Wildman–Crippen LogP) is 3.22. The molecule has 0 amide bonds. The smallest absolute Gasteiger partial charge is 0.337 e. The number of aromatic amines is 1. The number of benzene rings is 1. The fourth-order valence-electron chi connectivity index (χ4n) is 2.99. The molecule has 132 valence electrons. The van der Waals surface area contributed by atoms with Gasteiger partial charge in [0.05, 0.1) is 17.0 Å². The average molecular weight is 349 g/mol. The number of aromatic carboxylic acids is 1. The molecule has 0 unspecified atom stereocenters. The van der Waals surface area contributed by atoms with Crippen molar-refractivity contribution in [3.8, 4) is 11.3 Å². The lowest BCUT2D eigenvalue weighted by Gasteiger charge is -2.18. The second-order valence-electron chi connectivity index (χ2n) is 6.08. The number of carboxylic acids is 1. The molecule has 3 aromatic rings. The first kappa shape index (κ1) is 17.6. The molecule has 3 rings (SSSR count). The van der Waals surface area contributed by atoms with Crippen LogP contribution in [-0.2, 0) is 13.1 Å². The van der Waals surface area contributed by atoms with E-state index in [1.165, 1.54) is 11.8 Å². The van der Waals surface area contributed by atoms with Gasteiger partial charge in [0.25, 0.3) is 0 Å². The van der Waals surface area contributed by atoms with Gasteiger partial charge in [0.15, 0.2) is 6.29 Å². The minimum Gasteiger partial charge on any atom is -0.478 e. The molecule has 2 N–H and O–H groups in total. The Balaban J connectivity index is 1.93. The summed E-state index contributed by atoms with van der Waals surface area (Å²) in [7, 11) is 1.99. The van der Waals surface area contributed by atoms with Crippen LogP contribution in [0.4, 0.5) is 0 Å². The quantitative estimate of drug-likeness (QED) is 0.640. The maximum atomic E-state index is 11.5. The number of hydrogen-bond acceptors (Lipinski definition) is 4. The number of H-pyrrole nitrogens is 1. The summed E-state index contributed by atoms with van der Waals surface area (Å²) >= 11 is 0. The van der Waals surface area contributed by atoms with E-state index in [4.69, 9.17) is 0 Å². The molecule has 0 spiro atoms. The number of aromatic nitrogens is 2. The Morgan fingerprint density at radius 1 is 1.19 bits per heavy atom. The number of pyridine rings is 1. The fraction of sp³-hybridized carbons (Fsp3) is 0.150. The number of aldehydes is 1. The Bertz CT molecular complexity index is 919. The summed E-state index contributed by atoms with van der Waals surface area (Å²) < 4.78 is 0. The highest BCUT2D eigenvalue weighted by molar-refractivity contribution is 6.01. The monoisotopic (exact) mass is 349 g/mol. The van der Waals surface area contributed by atoms with Gasteiger partial charge in [0.1, 0.15) is 0 Å². The minimum atomic E-state index is -1.10. The second kappa shape index (κ2) is 7.76. The van der Waals surface area contributed by atoms with Gasteiger partial charge < -0.3 is 10.1 Å². The molecule has 0 saturated heterocycles. The molecule has 0 aliphatic rings. The third-order valence-electron chi connectivity index (χ3n) is 4.12. The summed E-state index contributed by atoms with van der Waals surface area (Å²) in [5.74, 6) is -1.10. The van der Waals surface area contributed by atoms with Crippen LogP contribution < -0.4 is 0 Å². The molecule has 26 heavy (non-hydrogen) atoms. The van der Waals surface area contributed by atoms with Crippen molar-refractivity contribution < 1.29 is 14.7 Å². The van der Waals surface area contributed by atoms with Crippen LogP contribution in [0, 0.1) is 0 Å². The van der Waals surface area contributed by atoms with Gasteiger partial charge in [-0.1, -0.05) is 36.4 Å². The number of carboxylic acid groups (broad SMARTS) is 1. The fourth-order valence-corrected chi connectivity index (χ4v) is 2.99. The highest BCUT2D eigenvalue weighted by atomic mass is 16.4. The van der Waals surface area contributed by atoms with Gasteiger partial charge in [-0.3, -0.25) is 14.7 Å². The Morgan fingerprint density at radius 3 is 2.65 bits per heavy atom. The molecule has 0 atom stereocenters. The summed E-state index contributed by atoms with van der Waals surface area (Å²) in [5, 5.41) is 9.43. The number of nitrogens with one attached hydrogen (secondary N) is 1. The highest BCUT2D eigenvalue weighted by Gasteiger charge is 2.21. The predicted molar refractivity (Wildman–Crippen MR) is 98.0 cm³/mol. The van der Waals surface area contributed by atoms with Crippen molar-refractivity contribution in [2.75, 3.05) is 7.05 Å². The maximum absolute atomic E-state index is 11.5. The van der Waals surface area contributed by atoms with E-state index < -0.39 is 5.97 Å². The first-order chi connectivity index (χ1) is 12.6. The number of nitrogens with zero attached hydrogens (tertiary/aromatic N) is 2. The molecule has 2 heterocycles. The van der Waals surface area contributed by atoms with Crippen molar-refractivity contribution >= 4 is 12.3 Å². The average Bonchev–Trinajstić information content (AvgIpc) is 3.07. The third kappa shape index (κ3) is 3.70. The SMILES string of the molecule is CN(Cc1ccccc1)Cc1cccnc1-c1c(C(=O)O)c[nH]c1C=O. The number of rotatable bonds is 7. The summed E-state index contributed by atoms with van der Waals surface area (Å²) in [6.45, 7) is 1.31. The molecule has 0 fully saturated rings. The van der Waals surface area contributed by atoms with E-state index in [1.54, 1.807) is 6.20 Å². The van der Waals surface area contributed by atoms with E-state index in [9.17, 15) is 14.7 Å². The lowest BCUT2D eigenvalue weighted by Crippen LogP contribution is -2.18. The van der Waals surface area contributed by atoms with Gasteiger partial charge in [-0.2, -0.15) is 0 Å². The molecule has 6 nitrogen and oxygen atoms in total. The molecule has 0 bridgehead atoms. The van der Waals surface area contributed by atoms with Gasteiger partial charge in [-0.05, 0) is 24.2 Å². The van der Waals surface area contributed by atoms with Crippen LogP contribution in [0.2, 0.25) is 0 Å². The van der Waals surface area contributed by atoms with Gasteiger partial charge >= 0.3 is 5.97 Å². The Kier molecular flexibility index (Phi) is 5.24. The molecule has 6 heteroatoms. The number of carbonyl (C=O) groups is 2. The summed E-state index contributed by atoms with van der Waals surface area (Å²) in [6.07, 6.45) is 3.55.